The number of ether oxygens (including phenoxy) is 1. The number of nitrogens with one attached hydrogen (secondary N) is 2. The Morgan fingerprint density at radius 1 is 1.30 bits per heavy atom. The molecule has 2 amide bonds. The quantitative estimate of drug-likeness (QED) is 0.845. The van der Waals surface area contributed by atoms with Crippen LogP contribution in [0.1, 0.15) is 65.0 Å². The third-order valence-corrected chi connectivity index (χ3v) is 5.49. The number of piperidine rings is 1. The predicted molar refractivity (Wildman–Crippen MR) is 102 cm³/mol. The van der Waals surface area contributed by atoms with Crippen molar-refractivity contribution in [3.63, 3.8) is 0 Å². The van der Waals surface area contributed by atoms with Crippen LogP contribution in [0.4, 0.5) is 4.79 Å². The minimum atomic E-state index is -0.652. The molecule has 27 heavy (non-hydrogen) atoms. The molecule has 0 spiro atoms. The van der Waals surface area contributed by atoms with Gasteiger partial charge in [-0.2, -0.15) is 0 Å². The van der Waals surface area contributed by atoms with Crippen molar-refractivity contribution in [1.29, 1.82) is 0 Å². The molecule has 7 heteroatoms. The summed E-state index contributed by atoms with van der Waals surface area (Å²) in [4.78, 5) is 34.8. The van der Waals surface area contributed by atoms with Crippen LogP contribution in [0.25, 0.3) is 0 Å². The van der Waals surface area contributed by atoms with Gasteiger partial charge < -0.3 is 19.9 Å². The second-order valence-electron chi connectivity index (χ2n) is 8.77. The van der Waals surface area contributed by atoms with E-state index in [1.54, 1.807) is 12.5 Å². The van der Waals surface area contributed by atoms with E-state index in [1.165, 1.54) is 25.7 Å². The number of carbonyl (C=O) groups excluding carboxylic acids is 2. The molecule has 1 aliphatic heterocycles. The van der Waals surface area contributed by atoms with Gasteiger partial charge in [0, 0.05) is 30.9 Å². The van der Waals surface area contributed by atoms with Crippen molar-refractivity contribution in [3.8, 4) is 0 Å². The summed E-state index contributed by atoms with van der Waals surface area (Å²) in [5.74, 6) is 0.595. The summed E-state index contributed by atoms with van der Waals surface area (Å²) in [5, 5.41) is 2.80. The second-order valence-corrected chi connectivity index (χ2v) is 8.77. The summed E-state index contributed by atoms with van der Waals surface area (Å²) < 4.78 is 5.38. The number of amides is 2. The molecular weight excluding hydrogens is 344 g/mol. The number of H-pyrrole nitrogens is 1. The number of imidazole rings is 1. The van der Waals surface area contributed by atoms with Crippen molar-refractivity contribution in [2.45, 2.75) is 83.4 Å². The molecule has 150 valence electrons. The maximum atomic E-state index is 13.4. The Morgan fingerprint density at radius 3 is 2.74 bits per heavy atom. The largest absolute Gasteiger partial charge is 0.444 e. The van der Waals surface area contributed by atoms with Gasteiger partial charge in [0.15, 0.2) is 0 Å². The number of nitrogens with zero attached hydrogens (tertiary/aromatic N) is 2. The number of alkyl carbamates (subject to hydrolysis) is 1. The fraction of sp³-hybridized carbons (Fsp3) is 0.750. The number of hydrogen-bond donors (Lipinski definition) is 2. The lowest BCUT2D eigenvalue weighted by Gasteiger charge is -2.45. The first-order valence-electron chi connectivity index (χ1n) is 10.1. The van der Waals surface area contributed by atoms with E-state index < -0.39 is 17.7 Å². The Morgan fingerprint density at radius 2 is 2.04 bits per heavy atom. The summed E-state index contributed by atoms with van der Waals surface area (Å²) in [5.41, 5.74) is 0.215. The van der Waals surface area contributed by atoms with Crippen LogP contribution in [0.3, 0.4) is 0 Å². The second kappa shape index (κ2) is 8.31. The van der Waals surface area contributed by atoms with Crippen LogP contribution in [-0.4, -0.2) is 51.1 Å². The number of carbonyl (C=O) groups is 2. The Kier molecular flexibility index (Phi) is 6.07. The third kappa shape index (κ3) is 5.23. The van der Waals surface area contributed by atoms with Crippen LogP contribution < -0.4 is 5.32 Å². The molecule has 2 fully saturated rings. The summed E-state index contributed by atoms with van der Waals surface area (Å²) in [6, 6.07) is -0.342. The lowest BCUT2D eigenvalue weighted by molar-refractivity contribution is -0.139. The van der Waals surface area contributed by atoms with Crippen molar-refractivity contribution in [1.82, 2.24) is 20.2 Å². The molecular formula is C20H32N4O3. The first-order chi connectivity index (χ1) is 12.8. The number of fused-ring (bicyclic) bond motifs is 1. The first-order valence-corrected chi connectivity index (χ1v) is 10.1. The van der Waals surface area contributed by atoms with Gasteiger partial charge in [-0.3, -0.25) is 4.79 Å². The van der Waals surface area contributed by atoms with Gasteiger partial charge in [0.25, 0.3) is 0 Å². The van der Waals surface area contributed by atoms with E-state index in [2.05, 4.69) is 15.3 Å². The maximum Gasteiger partial charge on any atom is 0.408 e. The highest BCUT2D eigenvalue weighted by Crippen LogP contribution is 2.35. The molecule has 0 aromatic carbocycles. The van der Waals surface area contributed by atoms with E-state index in [0.29, 0.717) is 18.4 Å². The minimum Gasteiger partial charge on any atom is -0.444 e. The molecule has 1 saturated carbocycles. The molecule has 3 atom stereocenters. The average Bonchev–Trinajstić information content (AvgIpc) is 3.11. The first kappa shape index (κ1) is 19.7. The molecule has 1 aromatic rings. The molecule has 7 nitrogen and oxygen atoms in total. The average molecular weight is 377 g/mol. The molecule has 3 rings (SSSR count). The Hall–Kier alpha value is -2.05. The predicted octanol–water partition coefficient (Wildman–Crippen LogP) is 3.03. The van der Waals surface area contributed by atoms with Crippen molar-refractivity contribution in [3.05, 3.63) is 18.2 Å². The van der Waals surface area contributed by atoms with E-state index in [-0.39, 0.29) is 5.91 Å². The van der Waals surface area contributed by atoms with Crippen LogP contribution in [0.15, 0.2) is 12.5 Å². The highest BCUT2D eigenvalue weighted by molar-refractivity contribution is 5.86. The molecule has 2 heterocycles. The van der Waals surface area contributed by atoms with Crippen LogP contribution in [0.2, 0.25) is 0 Å². The summed E-state index contributed by atoms with van der Waals surface area (Å²) in [6.45, 7) is 6.22. The third-order valence-electron chi connectivity index (χ3n) is 5.49. The normalized spacial score (nSPS) is 24.0. The van der Waals surface area contributed by atoms with E-state index in [4.69, 9.17) is 4.74 Å². The summed E-state index contributed by atoms with van der Waals surface area (Å²) >= 11 is 0. The summed E-state index contributed by atoms with van der Waals surface area (Å²) in [7, 11) is 0. The van der Waals surface area contributed by atoms with Crippen LogP contribution >= 0.6 is 0 Å². The Bertz CT molecular complexity index is 636. The smallest absolute Gasteiger partial charge is 0.408 e. The fourth-order valence-corrected chi connectivity index (χ4v) is 4.36. The van der Waals surface area contributed by atoms with Gasteiger partial charge in [-0.05, 0) is 52.4 Å². The topological polar surface area (TPSA) is 87.3 Å². The van der Waals surface area contributed by atoms with Crippen molar-refractivity contribution >= 4 is 12.0 Å². The fourth-order valence-electron chi connectivity index (χ4n) is 4.36. The highest BCUT2D eigenvalue weighted by atomic mass is 16.6. The number of aromatic amines is 1. The van der Waals surface area contributed by atoms with E-state index in [9.17, 15) is 9.59 Å². The number of aromatic nitrogens is 2. The molecule has 2 N–H and O–H groups in total. The lowest BCUT2D eigenvalue weighted by atomic mass is 9.78. The lowest BCUT2D eigenvalue weighted by Crippen LogP contribution is -2.57. The van der Waals surface area contributed by atoms with Gasteiger partial charge in [-0.1, -0.05) is 12.8 Å². The molecule has 0 bridgehead atoms. The van der Waals surface area contributed by atoms with Gasteiger partial charge in [0.2, 0.25) is 5.91 Å². The van der Waals surface area contributed by atoms with Crippen LogP contribution in [0, 0.1) is 5.92 Å². The minimum absolute atomic E-state index is 0.00735. The van der Waals surface area contributed by atoms with Gasteiger partial charge in [-0.15, -0.1) is 0 Å². The molecule has 2 aliphatic rings. The van der Waals surface area contributed by atoms with Crippen molar-refractivity contribution < 1.29 is 14.3 Å². The molecule has 1 saturated heterocycles. The van der Waals surface area contributed by atoms with Crippen molar-refractivity contribution in [2.24, 2.45) is 5.92 Å². The molecule has 0 unspecified atom stereocenters. The maximum absolute atomic E-state index is 13.4. The highest BCUT2D eigenvalue weighted by Gasteiger charge is 2.38. The van der Waals surface area contributed by atoms with Gasteiger partial charge >= 0.3 is 6.09 Å². The van der Waals surface area contributed by atoms with E-state index >= 15 is 0 Å². The SMILES string of the molecule is CC(C)(C)OC(=O)N[C@H](Cc1cnc[nH]1)C(=O)N1CCC[C@H]2CCCC[C@@H]21. The molecule has 1 aromatic heterocycles. The summed E-state index contributed by atoms with van der Waals surface area (Å²) in [6.07, 6.45) is 10.1. The zero-order valence-corrected chi connectivity index (χ0v) is 16.7. The van der Waals surface area contributed by atoms with E-state index in [0.717, 1.165) is 25.1 Å². The number of rotatable bonds is 4. The van der Waals surface area contributed by atoms with E-state index in [1.807, 2.05) is 25.7 Å². The standard InChI is InChI=1S/C20H32N4O3/c1-20(2,3)27-19(26)23-16(11-15-12-21-13-22-15)18(25)24-10-6-8-14-7-4-5-9-17(14)24/h12-14,16-17H,4-11H2,1-3H3,(H,21,22)(H,23,26)/t14-,16-,17+/m1/s1. The zero-order valence-electron chi connectivity index (χ0n) is 16.7. The van der Waals surface area contributed by atoms with Gasteiger partial charge in [0.05, 0.1) is 6.33 Å². The Balaban J connectivity index is 1.74. The van der Waals surface area contributed by atoms with Crippen molar-refractivity contribution in [2.75, 3.05) is 6.54 Å². The van der Waals surface area contributed by atoms with Crippen LogP contribution in [-0.2, 0) is 16.0 Å². The van der Waals surface area contributed by atoms with Crippen LogP contribution in [0.5, 0.6) is 0 Å². The zero-order chi connectivity index (χ0) is 19.4. The molecule has 0 radical (unpaired) electrons. The van der Waals surface area contributed by atoms with Gasteiger partial charge in [-0.25, -0.2) is 9.78 Å². The number of likely N-dealkylation sites (tertiary alicyclic amines) is 1. The van der Waals surface area contributed by atoms with Gasteiger partial charge in [0.1, 0.15) is 11.6 Å². The molecule has 1 aliphatic carbocycles. The monoisotopic (exact) mass is 376 g/mol. The Labute approximate surface area is 161 Å². The number of hydrogen-bond acceptors (Lipinski definition) is 4.